The van der Waals surface area contributed by atoms with Crippen LogP contribution in [0, 0.1) is 0 Å². The molecule has 12 atom stereocenters. The number of allylic oxidation sites excluding steroid dienone is 5. The van der Waals surface area contributed by atoms with Crippen LogP contribution in [0.2, 0.25) is 0 Å². The zero-order chi connectivity index (χ0) is 66.6. The van der Waals surface area contributed by atoms with Gasteiger partial charge in [-0.05, 0) is 51.4 Å². The van der Waals surface area contributed by atoms with Gasteiger partial charge in [-0.2, -0.15) is 0 Å². The minimum atomic E-state index is -1.79. The standard InChI is InChI=1S/C78H147NO13/c1-3-5-7-9-11-13-15-17-19-21-23-25-27-29-31-33-35-37-39-41-43-45-47-49-51-53-55-57-59-61-67(82)66(65-89-77-75(88)73(86)76(69(64-81)91-77)92-78-74(87)72(85)71(84)68(63-80)90-78)79-70(83)62-60-58-56-54-52-50-48-46-44-42-40-38-36-34-32-30-28-26-24-22-20-18-16-14-12-10-8-6-4-2/h16,18,22,24,59,61,66-69,71-78,80-82,84-88H,3-15,17,19-21,23,25-58,60,62-65H2,1-2H3,(H,79,83)/b18-16-,24-22-,61-59+. The summed E-state index contributed by atoms with van der Waals surface area (Å²) in [6, 6.07) is -0.915. The third-order valence-corrected chi connectivity index (χ3v) is 19.3. The average Bonchev–Trinajstić information content (AvgIpc) is 0.836. The van der Waals surface area contributed by atoms with E-state index >= 15 is 0 Å². The summed E-state index contributed by atoms with van der Waals surface area (Å²) in [4.78, 5) is 13.4. The lowest BCUT2D eigenvalue weighted by molar-refractivity contribution is -0.359. The minimum Gasteiger partial charge on any atom is -0.394 e. The highest BCUT2D eigenvalue weighted by molar-refractivity contribution is 5.76. The lowest BCUT2D eigenvalue weighted by Crippen LogP contribution is -2.65. The molecule has 14 nitrogen and oxygen atoms in total. The number of nitrogens with one attached hydrogen (secondary N) is 1. The number of unbranched alkanes of at least 4 members (excludes halogenated alkanes) is 49. The maximum Gasteiger partial charge on any atom is 0.220 e. The number of rotatable bonds is 66. The Bertz CT molecular complexity index is 1680. The highest BCUT2D eigenvalue weighted by atomic mass is 16.7. The summed E-state index contributed by atoms with van der Waals surface area (Å²) in [6.07, 6.45) is 65.0. The SMILES string of the molecule is CCCCCCC/C=C\C/C=C\CCCCCCCCCCCCCCCCCCCC(=O)NC(COC1OC(CO)C(OC2OC(CO)C(O)C(O)C2O)C(O)C1O)C(O)/C=C/CCCCCCCCCCCCCCCCCCCCCCCCCCCCC. The van der Waals surface area contributed by atoms with Crippen molar-refractivity contribution in [2.24, 2.45) is 0 Å². The summed E-state index contributed by atoms with van der Waals surface area (Å²) in [5.41, 5.74) is 0. The van der Waals surface area contributed by atoms with Crippen LogP contribution in [0.5, 0.6) is 0 Å². The maximum atomic E-state index is 13.4. The summed E-state index contributed by atoms with van der Waals surface area (Å²) in [6.45, 7) is 2.85. The van der Waals surface area contributed by atoms with Gasteiger partial charge in [-0.1, -0.05) is 339 Å². The van der Waals surface area contributed by atoms with Gasteiger partial charge in [0, 0.05) is 6.42 Å². The fourth-order valence-corrected chi connectivity index (χ4v) is 13.1. The first-order valence-electron chi connectivity index (χ1n) is 39.2. The van der Waals surface area contributed by atoms with Crippen LogP contribution in [0.15, 0.2) is 36.5 Å². The van der Waals surface area contributed by atoms with E-state index in [0.29, 0.717) is 6.42 Å². The molecule has 2 heterocycles. The van der Waals surface area contributed by atoms with E-state index in [4.69, 9.17) is 18.9 Å². The number of aliphatic hydroxyl groups excluding tert-OH is 8. The summed E-state index contributed by atoms with van der Waals surface area (Å²) < 4.78 is 22.9. The first kappa shape index (κ1) is 86.3. The Balaban J connectivity index is 1.63. The smallest absolute Gasteiger partial charge is 0.220 e. The number of aliphatic hydroxyl groups is 8. The summed E-state index contributed by atoms with van der Waals surface area (Å²) in [5, 5.41) is 87.7. The number of hydrogen-bond donors (Lipinski definition) is 9. The van der Waals surface area contributed by atoms with Crippen molar-refractivity contribution in [1.29, 1.82) is 0 Å². The van der Waals surface area contributed by atoms with Crippen molar-refractivity contribution in [1.82, 2.24) is 5.32 Å². The normalized spacial score (nSPS) is 22.8. The monoisotopic (exact) mass is 1310 g/mol. The van der Waals surface area contributed by atoms with E-state index in [1.165, 1.54) is 289 Å². The Labute approximate surface area is 563 Å². The van der Waals surface area contributed by atoms with Crippen LogP contribution in [-0.4, -0.2) is 140 Å². The number of ether oxygens (including phenoxy) is 4. The molecular formula is C78H147NO13. The lowest BCUT2D eigenvalue weighted by atomic mass is 9.97. The molecule has 2 rings (SSSR count). The Morgan fingerprint density at radius 1 is 0.391 bits per heavy atom. The third kappa shape index (κ3) is 45.7. The molecule has 0 spiro atoms. The van der Waals surface area contributed by atoms with Gasteiger partial charge in [-0.15, -0.1) is 0 Å². The predicted molar refractivity (Wildman–Crippen MR) is 378 cm³/mol. The van der Waals surface area contributed by atoms with Crippen molar-refractivity contribution in [2.45, 2.75) is 434 Å². The van der Waals surface area contributed by atoms with Gasteiger partial charge in [0.2, 0.25) is 5.91 Å². The topological polar surface area (TPSA) is 228 Å². The Kier molecular flexibility index (Phi) is 58.8. The Morgan fingerprint density at radius 3 is 1.09 bits per heavy atom. The second-order valence-electron chi connectivity index (χ2n) is 27.8. The number of hydrogen-bond acceptors (Lipinski definition) is 13. The van der Waals surface area contributed by atoms with Crippen LogP contribution in [-0.2, 0) is 23.7 Å². The molecule has 2 aliphatic rings. The van der Waals surface area contributed by atoms with Crippen LogP contribution >= 0.6 is 0 Å². The molecule has 0 saturated carbocycles. The largest absolute Gasteiger partial charge is 0.394 e. The van der Waals surface area contributed by atoms with Gasteiger partial charge in [0.1, 0.15) is 48.8 Å². The fourth-order valence-electron chi connectivity index (χ4n) is 13.1. The molecule has 9 N–H and O–H groups in total. The zero-order valence-corrected chi connectivity index (χ0v) is 59.3. The van der Waals surface area contributed by atoms with E-state index in [1.807, 2.05) is 6.08 Å². The first-order chi connectivity index (χ1) is 45.1. The van der Waals surface area contributed by atoms with E-state index in [0.717, 1.165) is 44.9 Å². The molecule has 0 aromatic carbocycles. The second kappa shape index (κ2) is 62.7. The molecule has 0 bridgehead atoms. The zero-order valence-electron chi connectivity index (χ0n) is 59.3. The molecular weight excluding hydrogens is 1160 g/mol. The average molecular weight is 1310 g/mol. The number of carbonyl (C=O) groups excluding carboxylic acids is 1. The van der Waals surface area contributed by atoms with Crippen molar-refractivity contribution in [3.8, 4) is 0 Å². The predicted octanol–water partition coefficient (Wildman–Crippen LogP) is 17.2. The van der Waals surface area contributed by atoms with Crippen molar-refractivity contribution < 1.29 is 64.6 Å². The van der Waals surface area contributed by atoms with Crippen LogP contribution in [0.4, 0.5) is 0 Å². The molecule has 2 fully saturated rings. The van der Waals surface area contributed by atoms with Crippen molar-refractivity contribution in [3.05, 3.63) is 36.5 Å². The summed E-state index contributed by atoms with van der Waals surface area (Å²) >= 11 is 0. The molecule has 2 saturated heterocycles. The molecule has 0 aromatic heterocycles. The van der Waals surface area contributed by atoms with Gasteiger partial charge < -0.3 is 65.1 Å². The van der Waals surface area contributed by atoms with E-state index in [9.17, 15) is 45.6 Å². The van der Waals surface area contributed by atoms with Gasteiger partial charge in [0.15, 0.2) is 12.6 Å². The van der Waals surface area contributed by atoms with Crippen LogP contribution in [0.25, 0.3) is 0 Å². The van der Waals surface area contributed by atoms with Gasteiger partial charge in [0.05, 0.1) is 32.0 Å². The molecule has 92 heavy (non-hydrogen) atoms. The molecule has 1 amide bonds. The quantitative estimate of drug-likeness (QED) is 0.0204. The third-order valence-electron chi connectivity index (χ3n) is 19.3. The van der Waals surface area contributed by atoms with Gasteiger partial charge >= 0.3 is 0 Å². The van der Waals surface area contributed by atoms with Crippen LogP contribution in [0.1, 0.15) is 361 Å². The minimum absolute atomic E-state index is 0.233. The van der Waals surface area contributed by atoms with Crippen LogP contribution < -0.4 is 5.32 Å². The van der Waals surface area contributed by atoms with Crippen molar-refractivity contribution >= 4 is 5.91 Å². The number of amides is 1. The first-order valence-corrected chi connectivity index (χ1v) is 39.2. The summed E-state index contributed by atoms with van der Waals surface area (Å²) in [7, 11) is 0. The van der Waals surface area contributed by atoms with E-state index in [-0.39, 0.29) is 18.9 Å². The summed E-state index contributed by atoms with van der Waals surface area (Å²) in [5.74, 6) is -0.233. The van der Waals surface area contributed by atoms with E-state index in [2.05, 4.69) is 43.5 Å². The highest BCUT2D eigenvalue weighted by Crippen LogP contribution is 2.30. The molecule has 0 aromatic rings. The molecule has 14 heteroatoms. The van der Waals surface area contributed by atoms with Gasteiger partial charge in [0.25, 0.3) is 0 Å². The van der Waals surface area contributed by atoms with Crippen molar-refractivity contribution in [3.63, 3.8) is 0 Å². The Hall–Kier alpha value is -1.79. The lowest BCUT2D eigenvalue weighted by Gasteiger charge is -2.46. The van der Waals surface area contributed by atoms with E-state index < -0.39 is 86.8 Å². The maximum absolute atomic E-state index is 13.4. The highest BCUT2D eigenvalue weighted by Gasteiger charge is 2.51. The van der Waals surface area contributed by atoms with Gasteiger partial charge in [-0.3, -0.25) is 4.79 Å². The second-order valence-corrected chi connectivity index (χ2v) is 27.8. The Morgan fingerprint density at radius 2 is 0.717 bits per heavy atom. The fraction of sp³-hybridized carbons (Fsp3) is 0.910. The molecule has 2 aliphatic heterocycles. The number of carbonyl (C=O) groups is 1. The van der Waals surface area contributed by atoms with Crippen molar-refractivity contribution in [2.75, 3.05) is 19.8 Å². The van der Waals surface area contributed by atoms with Gasteiger partial charge in [-0.25, -0.2) is 0 Å². The molecule has 12 unspecified atom stereocenters. The molecule has 0 radical (unpaired) electrons. The van der Waals surface area contributed by atoms with E-state index in [1.54, 1.807) is 6.08 Å². The molecule has 0 aliphatic carbocycles. The van der Waals surface area contributed by atoms with Crippen LogP contribution in [0.3, 0.4) is 0 Å². The molecule has 542 valence electrons.